The van der Waals surface area contributed by atoms with Crippen molar-refractivity contribution < 1.29 is 27.3 Å². The number of nitrogens with one attached hydrogen (secondary N) is 1. The van der Waals surface area contributed by atoms with E-state index in [1.165, 1.54) is 78.6 Å². The minimum Gasteiger partial charge on any atom is -0.355 e. The van der Waals surface area contributed by atoms with Gasteiger partial charge in [-0.1, -0.05) is 36.4 Å². The fourth-order valence-corrected chi connectivity index (χ4v) is 5.13. The zero-order valence-corrected chi connectivity index (χ0v) is 21.6. The van der Waals surface area contributed by atoms with Crippen molar-refractivity contribution in [3.63, 3.8) is 0 Å². The van der Waals surface area contributed by atoms with Crippen LogP contribution in [0.1, 0.15) is 19.4 Å². The van der Waals surface area contributed by atoms with Gasteiger partial charge in [-0.15, -0.1) is 0 Å². The van der Waals surface area contributed by atoms with Gasteiger partial charge in [-0.2, -0.15) is 0 Å². The summed E-state index contributed by atoms with van der Waals surface area (Å²) in [5.74, 6) is -1.68. The highest BCUT2D eigenvalue weighted by Crippen LogP contribution is 2.27. The van der Waals surface area contributed by atoms with Crippen LogP contribution in [0.25, 0.3) is 0 Å². The molecule has 0 spiro atoms. The van der Waals surface area contributed by atoms with E-state index in [0.29, 0.717) is 12.1 Å². The molecule has 38 heavy (non-hydrogen) atoms. The summed E-state index contributed by atoms with van der Waals surface area (Å²) in [6.07, 6.45) is 0. The van der Waals surface area contributed by atoms with Gasteiger partial charge in [0.2, 0.25) is 11.8 Å². The molecule has 0 aliphatic rings. The molecule has 200 valence electrons. The van der Waals surface area contributed by atoms with Gasteiger partial charge in [0.05, 0.1) is 15.5 Å². The molecule has 12 heteroatoms. The Balaban J connectivity index is 2.05. The Hall–Kier alpha value is -4.32. The van der Waals surface area contributed by atoms with Crippen molar-refractivity contribution in [1.82, 2.24) is 10.2 Å². The number of sulfonamides is 1. The number of benzene rings is 3. The molecule has 0 bridgehead atoms. The third-order valence-corrected chi connectivity index (χ3v) is 7.51. The first kappa shape index (κ1) is 28.3. The molecule has 3 aromatic carbocycles. The number of amides is 2. The first-order chi connectivity index (χ1) is 18.0. The number of halogens is 1. The predicted molar refractivity (Wildman–Crippen MR) is 139 cm³/mol. The number of nitrogens with zero attached hydrogens (tertiary/aromatic N) is 3. The Morgan fingerprint density at radius 1 is 1.03 bits per heavy atom. The van der Waals surface area contributed by atoms with Crippen LogP contribution < -0.4 is 9.62 Å². The van der Waals surface area contributed by atoms with Gasteiger partial charge in [-0.05, 0) is 49.7 Å². The van der Waals surface area contributed by atoms with Crippen molar-refractivity contribution in [3.8, 4) is 0 Å². The van der Waals surface area contributed by atoms with Crippen LogP contribution in [-0.2, 0) is 26.2 Å². The molecule has 3 rings (SSSR count). The fourth-order valence-electron chi connectivity index (χ4n) is 3.70. The second-order valence-electron chi connectivity index (χ2n) is 8.32. The van der Waals surface area contributed by atoms with Gasteiger partial charge >= 0.3 is 0 Å². The van der Waals surface area contributed by atoms with E-state index in [4.69, 9.17) is 0 Å². The van der Waals surface area contributed by atoms with E-state index >= 15 is 0 Å². The topological polar surface area (TPSA) is 130 Å². The van der Waals surface area contributed by atoms with Gasteiger partial charge < -0.3 is 10.2 Å². The molecule has 0 heterocycles. The molecule has 0 radical (unpaired) electrons. The minimum absolute atomic E-state index is 0.0937. The number of hydrogen-bond donors (Lipinski definition) is 1. The van der Waals surface area contributed by atoms with E-state index in [1.807, 2.05) is 0 Å². The second-order valence-corrected chi connectivity index (χ2v) is 10.2. The lowest BCUT2D eigenvalue weighted by Crippen LogP contribution is -2.51. The molecule has 0 aliphatic carbocycles. The summed E-state index contributed by atoms with van der Waals surface area (Å²) in [4.78, 5) is 38.1. The van der Waals surface area contributed by atoms with Gasteiger partial charge in [0.25, 0.3) is 15.7 Å². The molecule has 2 amide bonds. The number of anilines is 1. The highest BCUT2D eigenvalue weighted by molar-refractivity contribution is 7.92. The molecule has 0 fully saturated rings. The maximum absolute atomic E-state index is 13.7. The van der Waals surface area contributed by atoms with Crippen molar-refractivity contribution in [2.75, 3.05) is 17.4 Å². The quantitative estimate of drug-likeness (QED) is 0.292. The van der Waals surface area contributed by atoms with Crippen LogP contribution in [0.15, 0.2) is 83.8 Å². The highest BCUT2D eigenvalue weighted by atomic mass is 32.2. The van der Waals surface area contributed by atoms with Gasteiger partial charge in [0.1, 0.15) is 18.4 Å². The Kier molecular flexibility index (Phi) is 9.13. The number of hydrogen-bond acceptors (Lipinski definition) is 6. The smallest absolute Gasteiger partial charge is 0.271 e. The summed E-state index contributed by atoms with van der Waals surface area (Å²) < 4.78 is 41.5. The summed E-state index contributed by atoms with van der Waals surface area (Å²) in [6.45, 7) is 2.67. The van der Waals surface area contributed by atoms with E-state index in [1.54, 1.807) is 13.0 Å². The number of carbonyl (C=O) groups is 2. The van der Waals surface area contributed by atoms with Crippen molar-refractivity contribution in [1.29, 1.82) is 0 Å². The lowest BCUT2D eigenvalue weighted by Gasteiger charge is -2.32. The lowest BCUT2D eigenvalue weighted by molar-refractivity contribution is -0.384. The number of likely N-dealkylation sites (N-methyl/N-ethyl adjacent to an activating group) is 1. The van der Waals surface area contributed by atoms with Crippen molar-refractivity contribution in [2.24, 2.45) is 0 Å². The highest BCUT2D eigenvalue weighted by Gasteiger charge is 2.33. The minimum atomic E-state index is -4.35. The average molecular weight is 543 g/mol. The number of non-ortho nitro benzene ring substituents is 1. The number of nitro benzene ring substituents is 1. The molecular formula is C26H27FN4O6S. The molecule has 0 unspecified atom stereocenters. The summed E-state index contributed by atoms with van der Waals surface area (Å²) in [5, 5.41) is 14.0. The number of nitro groups is 1. The van der Waals surface area contributed by atoms with Gasteiger partial charge in [0.15, 0.2) is 0 Å². The largest absolute Gasteiger partial charge is 0.355 e. The number of carbonyl (C=O) groups excluding carboxylic acids is 2. The Labute approximate surface area is 219 Å². The van der Waals surface area contributed by atoms with E-state index in [0.717, 1.165) is 10.4 Å². The molecule has 10 nitrogen and oxygen atoms in total. The molecule has 0 saturated carbocycles. The second kappa shape index (κ2) is 12.3. The first-order valence-corrected chi connectivity index (χ1v) is 13.1. The van der Waals surface area contributed by atoms with Crippen LogP contribution in [-0.4, -0.2) is 49.2 Å². The van der Waals surface area contributed by atoms with Gasteiger partial charge in [0, 0.05) is 25.2 Å². The summed E-state index contributed by atoms with van der Waals surface area (Å²) in [5.41, 5.74) is 0.0644. The molecule has 0 aliphatic heterocycles. The van der Waals surface area contributed by atoms with E-state index < -0.39 is 45.2 Å². The lowest BCUT2D eigenvalue weighted by atomic mass is 10.1. The molecule has 1 atom stereocenters. The average Bonchev–Trinajstić information content (AvgIpc) is 2.91. The van der Waals surface area contributed by atoms with Crippen LogP contribution >= 0.6 is 0 Å². The van der Waals surface area contributed by atoms with E-state index in [-0.39, 0.29) is 22.8 Å². The predicted octanol–water partition coefficient (Wildman–Crippen LogP) is 3.48. The third-order valence-electron chi connectivity index (χ3n) is 5.72. The fraction of sp³-hybridized carbons (Fsp3) is 0.231. The standard InChI is InChI=1S/C26H27FN4O6S/c1-3-28-26(33)19(2)29(17-20-12-14-21(27)15-13-20)25(32)18-30(22-8-7-9-23(16-22)31(34)35)38(36,37)24-10-5-4-6-11-24/h4-16,19H,3,17-18H2,1-2H3,(H,28,33)/t19-/m0/s1. The summed E-state index contributed by atoms with van der Waals surface area (Å²) in [7, 11) is -4.35. The SMILES string of the molecule is CCNC(=O)[C@H](C)N(Cc1ccc(F)cc1)C(=O)CN(c1cccc([N+](=O)[O-])c1)S(=O)(=O)c1ccccc1. The van der Waals surface area contributed by atoms with Gasteiger partial charge in [-0.25, -0.2) is 12.8 Å². The monoisotopic (exact) mass is 542 g/mol. The summed E-state index contributed by atoms with van der Waals surface area (Å²) >= 11 is 0. The number of rotatable bonds is 11. The van der Waals surface area contributed by atoms with Crippen molar-refractivity contribution >= 4 is 33.2 Å². The van der Waals surface area contributed by atoms with Crippen LogP contribution in [0.2, 0.25) is 0 Å². The van der Waals surface area contributed by atoms with Crippen LogP contribution in [0, 0.1) is 15.9 Å². The normalized spacial score (nSPS) is 11.9. The van der Waals surface area contributed by atoms with E-state index in [9.17, 15) is 32.5 Å². The molecule has 3 aromatic rings. The van der Waals surface area contributed by atoms with Gasteiger partial charge in [-0.3, -0.25) is 24.0 Å². The van der Waals surface area contributed by atoms with Crippen LogP contribution in [0.3, 0.4) is 0 Å². The zero-order valence-electron chi connectivity index (χ0n) is 20.8. The maximum Gasteiger partial charge on any atom is 0.271 e. The molecular weight excluding hydrogens is 515 g/mol. The van der Waals surface area contributed by atoms with Crippen LogP contribution in [0.4, 0.5) is 15.8 Å². The Morgan fingerprint density at radius 3 is 2.29 bits per heavy atom. The van der Waals surface area contributed by atoms with Crippen molar-refractivity contribution in [2.45, 2.75) is 31.3 Å². The summed E-state index contributed by atoms with van der Waals surface area (Å²) in [6, 6.07) is 16.6. The van der Waals surface area contributed by atoms with Crippen molar-refractivity contribution in [3.05, 3.63) is 100 Å². The maximum atomic E-state index is 13.7. The van der Waals surface area contributed by atoms with Crippen LogP contribution in [0.5, 0.6) is 0 Å². The third kappa shape index (κ3) is 6.71. The Morgan fingerprint density at radius 2 is 1.68 bits per heavy atom. The Bertz CT molecular complexity index is 1400. The molecule has 0 saturated heterocycles. The molecule has 0 aromatic heterocycles. The first-order valence-electron chi connectivity index (χ1n) is 11.7. The molecule has 1 N–H and O–H groups in total. The zero-order chi connectivity index (χ0) is 27.9. The van der Waals surface area contributed by atoms with E-state index in [2.05, 4.69) is 5.32 Å².